The van der Waals surface area contributed by atoms with E-state index in [2.05, 4.69) is 4.98 Å². The van der Waals surface area contributed by atoms with Crippen LogP contribution in [-0.4, -0.2) is 27.6 Å². The average Bonchev–Trinajstić information content (AvgIpc) is 2.98. The van der Waals surface area contributed by atoms with Crippen molar-refractivity contribution >= 4 is 22.6 Å². The van der Waals surface area contributed by atoms with Gasteiger partial charge in [0.05, 0.1) is 17.1 Å². The molecule has 0 spiro atoms. The molecular weight excluding hydrogens is 312 g/mol. The van der Waals surface area contributed by atoms with E-state index in [-0.39, 0.29) is 23.6 Å². The number of carbonyl (C=O) groups is 1. The van der Waals surface area contributed by atoms with E-state index >= 15 is 0 Å². The van der Waals surface area contributed by atoms with E-state index in [9.17, 15) is 14.9 Å². The Balaban J connectivity index is 1.77. The number of nitro groups is 1. The Morgan fingerprint density at radius 3 is 2.79 bits per heavy atom. The van der Waals surface area contributed by atoms with Crippen molar-refractivity contribution in [1.29, 1.82) is 0 Å². The van der Waals surface area contributed by atoms with Crippen LogP contribution in [0.3, 0.4) is 0 Å². The van der Waals surface area contributed by atoms with E-state index in [4.69, 9.17) is 9.84 Å². The molecule has 0 aliphatic carbocycles. The molecule has 7 heteroatoms. The first-order chi connectivity index (χ1) is 11.6. The van der Waals surface area contributed by atoms with Crippen LogP contribution in [0.1, 0.15) is 15.9 Å². The number of para-hydroxylation sites is 1. The monoisotopic (exact) mass is 326 g/mol. The minimum absolute atomic E-state index is 0.0419. The lowest BCUT2D eigenvalue weighted by atomic mass is 10.1. The Hall–Kier alpha value is -3.35. The summed E-state index contributed by atoms with van der Waals surface area (Å²) in [5.41, 5.74) is 1.73. The molecule has 0 aliphatic heterocycles. The summed E-state index contributed by atoms with van der Waals surface area (Å²) in [5.74, 6) is -1.20. The van der Waals surface area contributed by atoms with E-state index < -0.39 is 10.9 Å². The molecule has 0 aliphatic rings. The largest absolute Gasteiger partial charge is 0.486 e. The molecule has 0 fully saturated rings. The smallest absolute Gasteiger partial charge is 0.335 e. The van der Waals surface area contributed by atoms with Gasteiger partial charge in [-0.05, 0) is 17.7 Å². The van der Waals surface area contributed by atoms with Gasteiger partial charge in [0.15, 0.2) is 5.75 Å². The molecular formula is C17H14N2O5. The van der Waals surface area contributed by atoms with Gasteiger partial charge in [0, 0.05) is 35.7 Å². The second-order valence-corrected chi connectivity index (χ2v) is 5.20. The van der Waals surface area contributed by atoms with E-state index in [1.54, 1.807) is 0 Å². The number of H-pyrrole nitrogens is 1. The average molecular weight is 326 g/mol. The SMILES string of the molecule is O=C(O)c1ccc([N+](=O)[O-])c(OCCc2c[nH]c3ccccc23)c1. The zero-order chi connectivity index (χ0) is 17.1. The lowest BCUT2D eigenvalue weighted by Gasteiger charge is -2.07. The molecule has 122 valence electrons. The minimum atomic E-state index is -1.16. The summed E-state index contributed by atoms with van der Waals surface area (Å²) in [5, 5.41) is 21.1. The molecule has 0 unspecified atom stereocenters. The van der Waals surface area contributed by atoms with Crippen LogP contribution in [0.15, 0.2) is 48.7 Å². The van der Waals surface area contributed by atoms with Crippen molar-refractivity contribution in [3.8, 4) is 5.75 Å². The van der Waals surface area contributed by atoms with E-state index in [1.807, 2.05) is 30.5 Å². The highest BCUT2D eigenvalue weighted by Crippen LogP contribution is 2.28. The standard InChI is InChI=1S/C17H14N2O5/c20-17(21)11-5-6-15(19(22)23)16(9-11)24-8-7-12-10-18-14-4-2-1-3-13(12)14/h1-6,9-10,18H,7-8H2,(H,20,21). The lowest BCUT2D eigenvalue weighted by molar-refractivity contribution is -0.385. The van der Waals surface area contributed by atoms with Gasteiger partial charge in [-0.3, -0.25) is 10.1 Å². The van der Waals surface area contributed by atoms with Gasteiger partial charge in [-0.15, -0.1) is 0 Å². The number of benzene rings is 2. The number of fused-ring (bicyclic) bond motifs is 1. The zero-order valence-electron chi connectivity index (χ0n) is 12.6. The van der Waals surface area contributed by atoms with Crippen LogP contribution >= 0.6 is 0 Å². The molecule has 2 aromatic carbocycles. The van der Waals surface area contributed by atoms with Crippen molar-refractivity contribution in [2.75, 3.05) is 6.61 Å². The van der Waals surface area contributed by atoms with E-state index in [1.165, 1.54) is 12.1 Å². The second-order valence-electron chi connectivity index (χ2n) is 5.20. The van der Waals surface area contributed by atoms with Crippen LogP contribution in [0.25, 0.3) is 10.9 Å². The molecule has 0 saturated carbocycles. The number of aromatic nitrogens is 1. The summed E-state index contributed by atoms with van der Waals surface area (Å²) in [7, 11) is 0. The lowest BCUT2D eigenvalue weighted by Crippen LogP contribution is -2.05. The number of rotatable bonds is 6. The molecule has 24 heavy (non-hydrogen) atoms. The molecule has 1 aromatic heterocycles. The molecule has 3 aromatic rings. The number of hydrogen-bond acceptors (Lipinski definition) is 4. The summed E-state index contributed by atoms with van der Waals surface area (Å²) in [6.45, 7) is 0.200. The highest BCUT2D eigenvalue weighted by Gasteiger charge is 2.18. The van der Waals surface area contributed by atoms with Crippen LogP contribution in [-0.2, 0) is 6.42 Å². The Labute approximate surface area is 136 Å². The van der Waals surface area contributed by atoms with Gasteiger partial charge in [-0.1, -0.05) is 18.2 Å². The third kappa shape index (κ3) is 3.05. The Kier molecular flexibility index (Phi) is 4.15. The fourth-order valence-corrected chi connectivity index (χ4v) is 2.52. The summed E-state index contributed by atoms with van der Waals surface area (Å²) < 4.78 is 5.49. The third-order valence-electron chi connectivity index (χ3n) is 3.71. The predicted molar refractivity (Wildman–Crippen MR) is 87.6 cm³/mol. The second kappa shape index (κ2) is 6.41. The van der Waals surface area contributed by atoms with Gasteiger partial charge in [0.25, 0.3) is 0 Å². The molecule has 7 nitrogen and oxygen atoms in total. The molecule has 2 N–H and O–H groups in total. The topological polar surface area (TPSA) is 105 Å². The van der Waals surface area contributed by atoms with Crippen LogP contribution in [0.4, 0.5) is 5.69 Å². The first-order valence-corrected chi connectivity index (χ1v) is 7.26. The molecule has 0 bridgehead atoms. The summed E-state index contributed by atoms with van der Waals surface area (Å²) in [6.07, 6.45) is 2.41. The maximum atomic E-state index is 11.0. The molecule has 3 rings (SSSR count). The zero-order valence-corrected chi connectivity index (χ0v) is 12.6. The van der Waals surface area contributed by atoms with Crippen LogP contribution in [0, 0.1) is 10.1 Å². The first kappa shape index (κ1) is 15.5. The maximum Gasteiger partial charge on any atom is 0.335 e. The fraction of sp³-hybridized carbons (Fsp3) is 0.118. The number of nitrogens with one attached hydrogen (secondary N) is 1. The third-order valence-corrected chi connectivity index (χ3v) is 3.71. The van der Waals surface area contributed by atoms with Crippen molar-refractivity contribution in [2.24, 2.45) is 0 Å². The fourth-order valence-electron chi connectivity index (χ4n) is 2.52. The number of carboxylic acid groups (broad SMARTS) is 1. The molecule has 0 radical (unpaired) electrons. The number of ether oxygens (including phenoxy) is 1. The molecule has 0 saturated heterocycles. The summed E-state index contributed by atoms with van der Waals surface area (Å²) >= 11 is 0. The predicted octanol–water partition coefficient (Wildman–Crippen LogP) is 3.40. The van der Waals surface area contributed by atoms with Crippen LogP contribution in [0.5, 0.6) is 5.75 Å². The number of nitro benzene ring substituents is 1. The van der Waals surface area contributed by atoms with E-state index in [0.717, 1.165) is 22.5 Å². The van der Waals surface area contributed by atoms with Gasteiger partial charge in [-0.25, -0.2) is 4.79 Å². The normalized spacial score (nSPS) is 10.7. The Morgan fingerprint density at radius 2 is 2.04 bits per heavy atom. The van der Waals surface area contributed by atoms with Crippen molar-refractivity contribution in [1.82, 2.24) is 4.98 Å². The number of aromatic carboxylic acids is 1. The molecule has 0 atom stereocenters. The number of nitrogens with zero attached hydrogens (tertiary/aromatic N) is 1. The van der Waals surface area contributed by atoms with Gasteiger partial charge >= 0.3 is 11.7 Å². The van der Waals surface area contributed by atoms with Crippen LogP contribution in [0.2, 0.25) is 0 Å². The summed E-state index contributed by atoms with van der Waals surface area (Å²) in [6, 6.07) is 11.3. The number of hydrogen-bond donors (Lipinski definition) is 2. The Bertz CT molecular complexity index is 916. The molecule has 1 heterocycles. The quantitative estimate of drug-likeness (QED) is 0.533. The van der Waals surface area contributed by atoms with Crippen molar-refractivity contribution in [3.63, 3.8) is 0 Å². The van der Waals surface area contributed by atoms with Gasteiger partial charge in [0.2, 0.25) is 0 Å². The highest BCUT2D eigenvalue weighted by atomic mass is 16.6. The van der Waals surface area contributed by atoms with Gasteiger partial charge < -0.3 is 14.8 Å². The van der Waals surface area contributed by atoms with E-state index in [0.29, 0.717) is 6.42 Å². The highest BCUT2D eigenvalue weighted by molar-refractivity contribution is 5.88. The van der Waals surface area contributed by atoms with Gasteiger partial charge in [0.1, 0.15) is 0 Å². The maximum absolute atomic E-state index is 11.0. The molecule has 0 amide bonds. The van der Waals surface area contributed by atoms with Gasteiger partial charge in [-0.2, -0.15) is 0 Å². The van der Waals surface area contributed by atoms with Crippen molar-refractivity contribution in [2.45, 2.75) is 6.42 Å². The number of aromatic amines is 1. The van der Waals surface area contributed by atoms with Crippen LogP contribution < -0.4 is 4.74 Å². The minimum Gasteiger partial charge on any atom is -0.486 e. The Morgan fingerprint density at radius 1 is 1.25 bits per heavy atom. The first-order valence-electron chi connectivity index (χ1n) is 7.26. The van der Waals surface area contributed by atoms with Crippen molar-refractivity contribution < 1.29 is 19.6 Å². The summed E-state index contributed by atoms with van der Waals surface area (Å²) in [4.78, 5) is 24.6. The number of carboxylic acids is 1. The van der Waals surface area contributed by atoms with Crippen molar-refractivity contribution in [3.05, 3.63) is 69.9 Å².